The number of aromatic nitrogens is 2. The van der Waals surface area contributed by atoms with Gasteiger partial charge in [-0.2, -0.15) is 0 Å². The lowest BCUT2D eigenvalue weighted by atomic mass is 9.95. The normalized spacial score (nSPS) is 11.1. The summed E-state index contributed by atoms with van der Waals surface area (Å²) < 4.78 is 4.65. The number of hydrogen-bond acceptors (Lipinski definition) is 5. The molecule has 0 atom stereocenters. The van der Waals surface area contributed by atoms with E-state index in [4.69, 9.17) is 0 Å². The molecule has 0 saturated carbocycles. The largest absolute Gasteiger partial charge is 0.465 e. The van der Waals surface area contributed by atoms with Gasteiger partial charge in [-0.3, -0.25) is 9.59 Å². The molecule has 1 aromatic carbocycles. The highest BCUT2D eigenvalue weighted by Gasteiger charge is 2.22. The summed E-state index contributed by atoms with van der Waals surface area (Å²) in [5.74, 6) is -0.589. The van der Waals surface area contributed by atoms with E-state index in [1.165, 1.54) is 13.2 Å². The SMILES string of the molecule is COC(=O)c1cccc(NC(=O)c2c(C)nc(C(C)(C)C)[nH]c2=O)c1. The van der Waals surface area contributed by atoms with Crippen molar-refractivity contribution in [3.8, 4) is 0 Å². The summed E-state index contributed by atoms with van der Waals surface area (Å²) in [6.07, 6.45) is 0. The number of anilines is 1. The number of hydrogen-bond donors (Lipinski definition) is 2. The van der Waals surface area contributed by atoms with E-state index in [-0.39, 0.29) is 11.0 Å². The van der Waals surface area contributed by atoms with Crippen LogP contribution in [0.1, 0.15) is 53.0 Å². The Balaban J connectivity index is 2.34. The molecule has 7 nitrogen and oxygen atoms in total. The molecule has 1 aromatic heterocycles. The summed E-state index contributed by atoms with van der Waals surface area (Å²) in [5, 5.41) is 2.61. The van der Waals surface area contributed by atoms with E-state index >= 15 is 0 Å². The van der Waals surface area contributed by atoms with Crippen molar-refractivity contribution < 1.29 is 14.3 Å². The molecule has 0 saturated heterocycles. The number of aromatic amines is 1. The molecule has 0 spiro atoms. The number of nitrogens with one attached hydrogen (secondary N) is 2. The first kappa shape index (κ1) is 18.4. The van der Waals surface area contributed by atoms with Gasteiger partial charge >= 0.3 is 5.97 Å². The van der Waals surface area contributed by atoms with E-state index in [2.05, 4.69) is 20.0 Å². The Morgan fingerprint density at radius 1 is 1.24 bits per heavy atom. The zero-order valence-electron chi connectivity index (χ0n) is 14.9. The minimum absolute atomic E-state index is 0.0588. The molecule has 0 unspecified atom stereocenters. The van der Waals surface area contributed by atoms with Gasteiger partial charge in [-0.25, -0.2) is 9.78 Å². The van der Waals surface area contributed by atoms with Crippen molar-refractivity contribution in [3.63, 3.8) is 0 Å². The minimum atomic E-state index is -0.589. The van der Waals surface area contributed by atoms with Crippen LogP contribution in [0.4, 0.5) is 5.69 Å². The third-order valence-electron chi connectivity index (χ3n) is 3.58. The van der Waals surface area contributed by atoms with E-state index in [9.17, 15) is 14.4 Å². The molecule has 1 amide bonds. The zero-order valence-corrected chi connectivity index (χ0v) is 14.9. The number of amides is 1. The second-order valence-electron chi connectivity index (χ2n) is 6.65. The van der Waals surface area contributed by atoms with Crippen molar-refractivity contribution in [2.75, 3.05) is 12.4 Å². The van der Waals surface area contributed by atoms with E-state index in [0.717, 1.165) is 0 Å². The topological polar surface area (TPSA) is 101 Å². The maximum atomic E-state index is 12.5. The zero-order chi connectivity index (χ0) is 18.8. The highest BCUT2D eigenvalue weighted by Crippen LogP contribution is 2.18. The van der Waals surface area contributed by atoms with Gasteiger partial charge in [-0.05, 0) is 25.1 Å². The van der Waals surface area contributed by atoms with Crippen LogP contribution in [0.2, 0.25) is 0 Å². The highest BCUT2D eigenvalue weighted by molar-refractivity contribution is 6.05. The first-order valence-electron chi connectivity index (χ1n) is 7.74. The van der Waals surface area contributed by atoms with E-state index < -0.39 is 17.4 Å². The van der Waals surface area contributed by atoms with Gasteiger partial charge < -0.3 is 15.0 Å². The molecule has 0 bridgehead atoms. The number of benzene rings is 1. The molecule has 2 rings (SSSR count). The summed E-state index contributed by atoms with van der Waals surface area (Å²) in [7, 11) is 1.28. The van der Waals surface area contributed by atoms with Gasteiger partial charge in [0.1, 0.15) is 11.4 Å². The van der Waals surface area contributed by atoms with Gasteiger partial charge in [0.25, 0.3) is 11.5 Å². The lowest BCUT2D eigenvalue weighted by molar-refractivity contribution is 0.0600. The van der Waals surface area contributed by atoms with E-state index in [1.807, 2.05) is 20.8 Å². The molecule has 0 aliphatic rings. The summed E-state index contributed by atoms with van der Waals surface area (Å²) in [4.78, 5) is 43.4. The van der Waals surface area contributed by atoms with Gasteiger partial charge in [-0.15, -0.1) is 0 Å². The smallest absolute Gasteiger partial charge is 0.337 e. The van der Waals surface area contributed by atoms with Crippen molar-refractivity contribution in [3.05, 3.63) is 57.3 Å². The quantitative estimate of drug-likeness (QED) is 0.834. The Hall–Kier alpha value is -2.96. The average Bonchev–Trinajstić information content (AvgIpc) is 2.52. The number of ether oxygens (including phenoxy) is 1. The Morgan fingerprint density at radius 2 is 1.92 bits per heavy atom. The standard InChI is InChI=1S/C18H21N3O4/c1-10-13(15(23)21-17(19-10)18(2,3)4)14(22)20-12-8-6-7-11(9-12)16(24)25-5/h6-9H,1-5H3,(H,20,22)(H,19,21,23). The number of rotatable bonds is 3. The van der Waals surface area contributed by atoms with Gasteiger partial charge in [0.2, 0.25) is 0 Å². The van der Waals surface area contributed by atoms with Crippen LogP contribution in [-0.2, 0) is 10.2 Å². The third-order valence-corrected chi connectivity index (χ3v) is 3.58. The van der Waals surface area contributed by atoms with Crippen LogP contribution < -0.4 is 10.9 Å². The molecule has 0 aliphatic heterocycles. The molecular weight excluding hydrogens is 322 g/mol. The first-order valence-corrected chi connectivity index (χ1v) is 7.74. The van der Waals surface area contributed by atoms with Crippen molar-refractivity contribution in [2.45, 2.75) is 33.1 Å². The first-order chi connectivity index (χ1) is 11.6. The maximum absolute atomic E-state index is 12.5. The van der Waals surface area contributed by atoms with Gasteiger partial charge in [0, 0.05) is 11.1 Å². The van der Waals surface area contributed by atoms with Crippen molar-refractivity contribution in [2.24, 2.45) is 0 Å². The summed E-state index contributed by atoms with van der Waals surface area (Å²) in [6.45, 7) is 7.37. The molecule has 2 N–H and O–H groups in total. The Kier molecular flexibility index (Phi) is 5.06. The monoisotopic (exact) mass is 343 g/mol. The van der Waals surface area contributed by atoms with Gasteiger partial charge in [0.15, 0.2) is 0 Å². The fraction of sp³-hybridized carbons (Fsp3) is 0.333. The number of methoxy groups -OCH3 is 1. The van der Waals surface area contributed by atoms with Crippen LogP contribution >= 0.6 is 0 Å². The second-order valence-corrected chi connectivity index (χ2v) is 6.65. The Bertz CT molecular complexity index is 879. The molecule has 7 heteroatoms. The lowest BCUT2D eigenvalue weighted by Gasteiger charge is -2.18. The van der Waals surface area contributed by atoms with Crippen LogP contribution in [0.15, 0.2) is 29.1 Å². The predicted octanol–water partition coefficient (Wildman–Crippen LogP) is 2.41. The minimum Gasteiger partial charge on any atom is -0.465 e. The summed E-state index contributed by atoms with van der Waals surface area (Å²) in [5.41, 5.74) is 0.123. The lowest BCUT2D eigenvalue weighted by Crippen LogP contribution is -2.30. The Labute approximate surface area is 145 Å². The number of nitrogens with zero attached hydrogens (tertiary/aromatic N) is 1. The van der Waals surface area contributed by atoms with Crippen LogP contribution in [0.3, 0.4) is 0 Å². The third kappa shape index (κ3) is 4.12. The van der Waals surface area contributed by atoms with Gasteiger partial charge in [0.05, 0.1) is 18.4 Å². The number of H-pyrrole nitrogens is 1. The summed E-state index contributed by atoms with van der Waals surface area (Å²) in [6, 6.07) is 6.27. The molecule has 132 valence electrons. The number of carbonyl (C=O) groups is 2. The predicted molar refractivity (Wildman–Crippen MR) is 94.0 cm³/mol. The molecule has 2 aromatic rings. The van der Waals surface area contributed by atoms with Gasteiger partial charge in [-0.1, -0.05) is 26.8 Å². The maximum Gasteiger partial charge on any atom is 0.337 e. The Morgan fingerprint density at radius 3 is 2.48 bits per heavy atom. The van der Waals surface area contributed by atoms with Crippen molar-refractivity contribution in [1.82, 2.24) is 9.97 Å². The molecule has 0 fully saturated rings. The van der Waals surface area contributed by atoms with E-state index in [1.54, 1.807) is 25.1 Å². The molecule has 0 aliphatic carbocycles. The molecular formula is C18H21N3O4. The molecule has 0 radical (unpaired) electrons. The second kappa shape index (κ2) is 6.88. The average molecular weight is 343 g/mol. The fourth-order valence-electron chi connectivity index (χ4n) is 2.24. The fourth-order valence-corrected chi connectivity index (χ4v) is 2.24. The number of aryl methyl sites for hydroxylation is 1. The van der Waals surface area contributed by atoms with Crippen LogP contribution in [0.25, 0.3) is 0 Å². The highest BCUT2D eigenvalue weighted by atomic mass is 16.5. The van der Waals surface area contributed by atoms with Crippen LogP contribution in [0, 0.1) is 6.92 Å². The number of esters is 1. The van der Waals surface area contributed by atoms with Crippen LogP contribution in [-0.4, -0.2) is 29.0 Å². The van der Waals surface area contributed by atoms with Crippen molar-refractivity contribution >= 4 is 17.6 Å². The number of carbonyl (C=O) groups excluding carboxylic acids is 2. The molecule has 1 heterocycles. The van der Waals surface area contributed by atoms with Crippen molar-refractivity contribution in [1.29, 1.82) is 0 Å². The van der Waals surface area contributed by atoms with Crippen LogP contribution in [0.5, 0.6) is 0 Å². The molecule has 25 heavy (non-hydrogen) atoms. The van der Waals surface area contributed by atoms with E-state index in [0.29, 0.717) is 22.8 Å². The summed E-state index contributed by atoms with van der Waals surface area (Å²) >= 11 is 0.